The van der Waals surface area contributed by atoms with Gasteiger partial charge in [0, 0.05) is 11.3 Å². The Kier molecular flexibility index (Phi) is 2.85. The second-order valence-corrected chi connectivity index (χ2v) is 2.72. The third-order valence-corrected chi connectivity index (χ3v) is 1.80. The summed E-state index contributed by atoms with van der Waals surface area (Å²) in [6.07, 6.45) is 1.74. The number of hydrogen-bond acceptors (Lipinski definition) is 2. The van der Waals surface area contributed by atoms with Crippen LogP contribution < -0.4 is 0 Å². The zero-order valence-electron chi connectivity index (χ0n) is 8.00. The summed E-state index contributed by atoms with van der Waals surface area (Å²) >= 11 is 0. The Hall–Kier alpha value is -1.57. The van der Waals surface area contributed by atoms with E-state index in [1.165, 1.54) is 0 Å². The summed E-state index contributed by atoms with van der Waals surface area (Å²) in [6, 6.07) is 3.89. The molecule has 2 heteroatoms. The van der Waals surface area contributed by atoms with Gasteiger partial charge in [-0.2, -0.15) is 0 Å². The molecule has 0 bridgehead atoms. The molecule has 0 N–H and O–H groups in total. The molecule has 1 aromatic heterocycles. The summed E-state index contributed by atoms with van der Waals surface area (Å²) in [4.78, 5) is 4.32. The average molecular weight is 175 g/mol. The Labute approximate surface area is 78.6 Å². The van der Waals surface area contributed by atoms with E-state index in [4.69, 9.17) is 4.74 Å². The van der Waals surface area contributed by atoms with Crippen LogP contribution in [0.15, 0.2) is 25.3 Å². The quantitative estimate of drug-likeness (QED) is 0.659. The highest BCUT2D eigenvalue weighted by atomic mass is 16.5. The SMILES string of the molecule is C=Cc1ccc(C)nc1C(=C)OC. The van der Waals surface area contributed by atoms with Gasteiger partial charge >= 0.3 is 0 Å². The summed E-state index contributed by atoms with van der Waals surface area (Å²) in [6.45, 7) is 9.39. The molecule has 0 unspecified atom stereocenters. The lowest BCUT2D eigenvalue weighted by molar-refractivity contribution is 0.369. The maximum atomic E-state index is 5.03. The van der Waals surface area contributed by atoms with E-state index in [1.807, 2.05) is 19.1 Å². The van der Waals surface area contributed by atoms with E-state index >= 15 is 0 Å². The fraction of sp³-hybridized carbons (Fsp3) is 0.182. The Morgan fingerprint density at radius 2 is 2.23 bits per heavy atom. The minimum Gasteiger partial charge on any atom is -0.495 e. The third kappa shape index (κ3) is 1.96. The minimum absolute atomic E-state index is 0.568. The lowest BCUT2D eigenvalue weighted by Crippen LogP contribution is -1.95. The van der Waals surface area contributed by atoms with Gasteiger partial charge in [0.1, 0.15) is 11.5 Å². The third-order valence-electron chi connectivity index (χ3n) is 1.80. The van der Waals surface area contributed by atoms with Crippen LogP contribution in [-0.4, -0.2) is 12.1 Å². The van der Waals surface area contributed by atoms with Crippen molar-refractivity contribution in [2.75, 3.05) is 7.11 Å². The molecule has 0 fully saturated rings. The van der Waals surface area contributed by atoms with Crippen molar-refractivity contribution in [3.63, 3.8) is 0 Å². The van der Waals surface area contributed by atoms with Gasteiger partial charge in [0.2, 0.25) is 0 Å². The van der Waals surface area contributed by atoms with Crippen LogP contribution in [0.1, 0.15) is 17.0 Å². The lowest BCUT2D eigenvalue weighted by Gasteiger charge is -2.07. The Morgan fingerprint density at radius 3 is 2.77 bits per heavy atom. The van der Waals surface area contributed by atoms with Crippen molar-refractivity contribution in [3.05, 3.63) is 42.2 Å². The van der Waals surface area contributed by atoms with Gasteiger partial charge in [0.05, 0.1) is 7.11 Å². The number of pyridine rings is 1. The Balaban J connectivity index is 3.23. The van der Waals surface area contributed by atoms with Crippen LogP contribution in [0.5, 0.6) is 0 Å². The standard InChI is InChI=1S/C11H13NO/c1-5-10-7-6-8(2)12-11(10)9(3)13-4/h5-7H,1,3H2,2,4H3. The van der Waals surface area contributed by atoms with Gasteiger partial charge in [0.15, 0.2) is 0 Å². The highest BCUT2D eigenvalue weighted by molar-refractivity contribution is 5.66. The molecule has 0 saturated carbocycles. The number of ether oxygens (including phenoxy) is 1. The molecule has 0 atom stereocenters. The van der Waals surface area contributed by atoms with Gasteiger partial charge in [0.25, 0.3) is 0 Å². The van der Waals surface area contributed by atoms with Crippen molar-refractivity contribution in [1.82, 2.24) is 4.98 Å². The minimum atomic E-state index is 0.568. The molecular weight excluding hydrogens is 162 g/mol. The number of nitrogens with zero attached hydrogens (tertiary/aromatic N) is 1. The number of aromatic nitrogens is 1. The van der Waals surface area contributed by atoms with E-state index in [0.29, 0.717) is 5.76 Å². The van der Waals surface area contributed by atoms with Crippen molar-refractivity contribution in [2.24, 2.45) is 0 Å². The molecule has 1 rings (SSSR count). The van der Waals surface area contributed by atoms with Gasteiger partial charge in [-0.05, 0) is 13.0 Å². The van der Waals surface area contributed by atoms with Gasteiger partial charge < -0.3 is 4.74 Å². The molecule has 0 aliphatic heterocycles. The van der Waals surface area contributed by atoms with Crippen LogP contribution in [0.2, 0.25) is 0 Å². The van der Waals surface area contributed by atoms with Gasteiger partial charge in [-0.1, -0.05) is 25.3 Å². The maximum absolute atomic E-state index is 5.03. The number of methoxy groups -OCH3 is 1. The van der Waals surface area contributed by atoms with Crippen LogP contribution in [0.4, 0.5) is 0 Å². The molecule has 2 nitrogen and oxygen atoms in total. The van der Waals surface area contributed by atoms with Gasteiger partial charge in [-0.3, -0.25) is 0 Å². The summed E-state index contributed by atoms with van der Waals surface area (Å²) in [5.41, 5.74) is 2.65. The first kappa shape index (κ1) is 9.52. The first-order valence-electron chi connectivity index (χ1n) is 4.02. The predicted octanol–water partition coefficient (Wildman–Crippen LogP) is 2.65. The zero-order valence-corrected chi connectivity index (χ0v) is 8.00. The molecule has 13 heavy (non-hydrogen) atoms. The number of aryl methyl sites for hydroxylation is 1. The molecule has 0 aromatic carbocycles. The Bertz CT molecular complexity index is 342. The molecule has 68 valence electrons. The van der Waals surface area contributed by atoms with Crippen LogP contribution in [0.25, 0.3) is 11.8 Å². The smallest absolute Gasteiger partial charge is 0.137 e. The van der Waals surface area contributed by atoms with E-state index in [1.54, 1.807) is 13.2 Å². The van der Waals surface area contributed by atoms with Crippen LogP contribution in [0, 0.1) is 6.92 Å². The van der Waals surface area contributed by atoms with E-state index in [-0.39, 0.29) is 0 Å². The predicted molar refractivity (Wildman–Crippen MR) is 55.1 cm³/mol. The molecular formula is C11H13NO. The highest BCUT2D eigenvalue weighted by Gasteiger charge is 2.05. The van der Waals surface area contributed by atoms with Crippen molar-refractivity contribution in [3.8, 4) is 0 Å². The van der Waals surface area contributed by atoms with Crippen molar-refractivity contribution >= 4 is 11.8 Å². The zero-order chi connectivity index (χ0) is 9.84. The van der Waals surface area contributed by atoms with E-state index in [0.717, 1.165) is 17.0 Å². The Morgan fingerprint density at radius 1 is 1.54 bits per heavy atom. The summed E-state index contributed by atoms with van der Waals surface area (Å²) in [5.74, 6) is 0.568. The van der Waals surface area contributed by atoms with E-state index < -0.39 is 0 Å². The molecule has 0 aliphatic rings. The molecule has 1 aromatic rings. The monoisotopic (exact) mass is 175 g/mol. The molecule has 0 saturated heterocycles. The second-order valence-electron chi connectivity index (χ2n) is 2.72. The van der Waals surface area contributed by atoms with Crippen molar-refractivity contribution < 1.29 is 4.74 Å². The summed E-state index contributed by atoms with van der Waals surface area (Å²) in [5, 5.41) is 0. The molecule has 0 radical (unpaired) electrons. The normalized spacial score (nSPS) is 9.38. The maximum Gasteiger partial charge on any atom is 0.137 e. The number of hydrogen-bond donors (Lipinski definition) is 0. The topological polar surface area (TPSA) is 22.1 Å². The molecule has 1 heterocycles. The summed E-state index contributed by atoms with van der Waals surface area (Å²) < 4.78 is 5.03. The van der Waals surface area contributed by atoms with Crippen molar-refractivity contribution in [2.45, 2.75) is 6.92 Å². The van der Waals surface area contributed by atoms with Gasteiger partial charge in [-0.15, -0.1) is 0 Å². The first-order chi connectivity index (χ1) is 6.19. The number of rotatable bonds is 3. The second kappa shape index (κ2) is 3.90. The van der Waals surface area contributed by atoms with Crippen LogP contribution >= 0.6 is 0 Å². The molecule has 0 spiro atoms. The largest absolute Gasteiger partial charge is 0.495 e. The van der Waals surface area contributed by atoms with Crippen LogP contribution in [-0.2, 0) is 4.74 Å². The molecule has 0 aliphatic carbocycles. The average Bonchev–Trinajstić information content (AvgIpc) is 2.16. The summed E-state index contributed by atoms with van der Waals surface area (Å²) in [7, 11) is 1.58. The highest BCUT2D eigenvalue weighted by Crippen LogP contribution is 2.17. The molecule has 0 amide bonds. The van der Waals surface area contributed by atoms with E-state index in [2.05, 4.69) is 18.1 Å². The lowest BCUT2D eigenvalue weighted by atomic mass is 10.1. The fourth-order valence-corrected chi connectivity index (χ4v) is 1.05. The van der Waals surface area contributed by atoms with E-state index in [9.17, 15) is 0 Å². The fourth-order valence-electron chi connectivity index (χ4n) is 1.05. The van der Waals surface area contributed by atoms with Crippen molar-refractivity contribution in [1.29, 1.82) is 0 Å². The first-order valence-corrected chi connectivity index (χ1v) is 4.02. The van der Waals surface area contributed by atoms with Gasteiger partial charge in [-0.25, -0.2) is 4.98 Å². The van der Waals surface area contributed by atoms with Crippen LogP contribution in [0.3, 0.4) is 0 Å².